The molecule has 1 saturated carbocycles. The average molecular weight is 277 g/mol. The summed E-state index contributed by atoms with van der Waals surface area (Å²) in [6.45, 7) is 2.34. The van der Waals surface area contributed by atoms with Gasteiger partial charge in [-0.05, 0) is 31.6 Å². The van der Waals surface area contributed by atoms with E-state index in [0.29, 0.717) is 12.5 Å². The van der Waals surface area contributed by atoms with Gasteiger partial charge in [0.2, 0.25) is 0 Å². The zero-order valence-electron chi connectivity index (χ0n) is 11.9. The molecular formula is C15H23N3O2. The molecule has 1 unspecified atom stereocenters. The maximum Gasteiger partial charge on any atom is 0.268 e. The van der Waals surface area contributed by atoms with Crippen LogP contribution in [0.1, 0.15) is 38.5 Å². The van der Waals surface area contributed by atoms with Crippen LogP contribution in [0.2, 0.25) is 0 Å². The molecule has 0 radical (unpaired) electrons. The zero-order chi connectivity index (χ0) is 13.9. The van der Waals surface area contributed by atoms with Crippen LogP contribution >= 0.6 is 0 Å². The van der Waals surface area contributed by atoms with Crippen LogP contribution in [-0.4, -0.2) is 34.1 Å². The van der Waals surface area contributed by atoms with Gasteiger partial charge in [-0.2, -0.15) is 5.10 Å². The number of hydrogen-bond donors (Lipinski definition) is 1. The van der Waals surface area contributed by atoms with E-state index in [9.17, 15) is 9.90 Å². The third-order valence-corrected chi connectivity index (χ3v) is 4.63. The molecule has 0 bridgehead atoms. The fourth-order valence-corrected chi connectivity index (χ4v) is 3.38. The molecule has 20 heavy (non-hydrogen) atoms. The predicted molar refractivity (Wildman–Crippen MR) is 77.9 cm³/mol. The molecule has 1 atom stereocenters. The molecule has 1 aromatic rings. The molecule has 2 fully saturated rings. The number of rotatable bonds is 4. The first-order valence-corrected chi connectivity index (χ1v) is 7.74. The summed E-state index contributed by atoms with van der Waals surface area (Å²) in [4.78, 5) is 14.3. The Balaban J connectivity index is 1.69. The number of aliphatic hydroxyl groups is 1. The summed E-state index contributed by atoms with van der Waals surface area (Å²) < 4.78 is 1.41. The summed E-state index contributed by atoms with van der Waals surface area (Å²) in [5.74, 6) is 0.335. The molecule has 1 N–H and O–H groups in total. The highest BCUT2D eigenvalue weighted by atomic mass is 16.3. The summed E-state index contributed by atoms with van der Waals surface area (Å²) in [5.41, 5.74) is 0.811. The molecule has 2 aliphatic rings. The lowest BCUT2D eigenvalue weighted by molar-refractivity contribution is 0.0878. The normalized spacial score (nSPS) is 21.6. The SMILES string of the molecule is O=c1cc(N2CCCC2)cnn1CC(O)C1CCCC1. The Morgan fingerprint density at radius 2 is 1.95 bits per heavy atom. The van der Waals surface area contributed by atoms with E-state index in [1.165, 1.54) is 30.4 Å². The van der Waals surface area contributed by atoms with Crippen LogP contribution in [0.3, 0.4) is 0 Å². The molecular weight excluding hydrogens is 254 g/mol. The van der Waals surface area contributed by atoms with Crippen molar-refractivity contribution in [3.63, 3.8) is 0 Å². The van der Waals surface area contributed by atoms with E-state index in [-0.39, 0.29) is 5.56 Å². The van der Waals surface area contributed by atoms with Crippen molar-refractivity contribution in [1.29, 1.82) is 0 Å². The summed E-state index contributed by atoms with van der Waals surface area (Å²) >= 11 is 0. The Morgan fingerprint density at radius 1 is 1.25 bits per heavy atom. The summed E-state index contributed by atoms with van der Waals surface area (Å²) in [6.07, 6.45) is 8.21. The summed E-state index contributed by atoms with van der Waals surface area (Å²) in [5, 5.41) is 14.4. The number of aliphatic hydroxyl groups excluding tert-OH is 1. The minimum atomic E-state index is -0.444. The number of aromatic nitrogens is 2. The van der Waals surface area contributed by atoms with Gasteiger partial charge in [0.15, 0.2) is 0 Å². The van der Waals surface area contributed by atoms with Crippen LogP contribution in [-0.2, 0) is 6.54 Å². The van der Waals surface area contributed by atoms with Crippen molar-refractivity contribution in [2.45, 2.75) is 51.2 Å². The maximum atomic E-state index is 12.1. The van der Waals surface area contributed by atoms with Crippen molar-refractivity contribution in [3.8, 4) is 0 Å². The Bertz CT molecular complexity index is 502. The van der Waals surface area contributed by atoms with Crippen molar-refractivity contribution in [2.24, 2.45) is 5.92 Å². The monoisotopic (exact) mass is 277 g/mol. The number of anilines is 1. The van der Waals surface area contributed by atoms with E-state index >= 15 is 0 Å². The standard InChI is InChI=1S/C15H23N3O2/c19-14(12-5-1-2-6-12)11-18-15(20)9-13(10-16-18)17-7-3-4-8-17/h9-10,12,14,19H,1-8,11H2. The Morgan fingerprint density at radius 3 is 2.60 bits per heavy atom. The van der Waals surface area contributed by atoms with Crippen molar-refractivity contribution in [2.75, 3.05) is 18.0 Å². The molecule has 3 rings (SSSR count). The summed E-state index contributed by atoms with van der Waals surface area (Å²) in [6, 6.07) is 1.65. The molecule has 1 aliphatic heterocycles. The third-order valence-electron chi connectivity index (χ3n) is 4.63. The van der Waals surface area contributed by atoms with Crippen molar-refractivity contribution >= 4 is 5.69 Å². The molecule has 1 saturated heterocycles. The Kier molecular flexibility index (Phi) is 4.05. The van der Waals surface area contributed by atoms with Gasteiger partial charge >= 0.3 is 0 Å². The Hall–Kier alpha value is -1.36. The van der Waals surface area contributed by atoms with E-state index in [0.717, 1.165) is 31.6 Å². The zero-order valence-corrected chi connectivity index (χ0v) is 11.9. The minimum absolute atomic E-state index is 0.105. The highest BCUT2D eigenvalue weighted by Crippen LogP contribution is 2.28. The lowest BCUT2D eigenvalue weighted by Gasteiger charge is -2.20. The van der Waals surface area contributed by atoms with Crippen molar-refractivity contribution in [1.82, 2.24) is 9.78 Å². The fourth-order valence-electron chi connectivity index (χ4n) is 3.38. The van der Waals surface area contributed by atoms with E-state index in [1.807, 2.05) is 0 Å². The number of nitrogens with zero attached hydrogens (tertiary/aromatic N) is 3. The van der Waals surface area contributed by atoms with E-state index in [1.54, 1.807) is 12.3 Å². The van der Waals surface area contributed by atoms with Gasteiger partial charge in [-0.3, -0.25) is 4.79 Å². The van der Waals surface area contributed by atoms with Crippen LogP contribution < -0.4 is 10.5 Å². The topological polar surface area (TPSA) is 58.4 Å². The van der Waals surface area contributed by atoms with Gasteiger partial charge in [-0.25, -0.2) is 4.68 Å². The van der Waals surface area contributed by atoms with Crippen LogP contribution in [0, 0.1) is 5.92 Å². The van der Waals surface area contributed by atoms with Gasteiger partial charge < -0.3 is 10.0 Å². The van der Waals surface area contributed by atoms with Crippen molar-refractivity contribution in [3.05, 3.63) is 22.6 Å². The first-order valence-electron chi connectivity index (χ1n) is 7.74. The van der Waals surface area contributed by atoms with Crippen LogP contribution in [0.5, 0.6) is 0 Å². The third kappa shape index (κ3) is 2.87. The molecule has 0 spiro atoms. The lowest BCUT2D eigenvalue weighted by atomic mass is 10.0. The fraction of sp³-hybridized carbons (Fsp3) is 0.733. The molecule has 0 aromatic carbocycles. The van der Waals surface area contributed by atoms with Gasteiger partial charge in [0, 0.05) is 19.2 Å². The average Bonchev–Trinajstić information content (AvgIpc) is 3.14. The van der Waals surface area contributed by atoms with Crippen LogP contribution in [0.25, 0.3) is 0 Å². The molecule has 110 valence electrons. The van der Waals surface area contributed by atoms with Gasteiger partial charge in [-0.1, -0.05) is 12.8 Å². The second kappa shape index (κ2) is 5.95. The smallest absolute Gasteiger partial charge is 0.268 e. The minimum Gasteiger partial charge on any atom is -0.391 e. The quantitative estimate of drug-likeness (QED) is 0.903. The van der Waals surface area contributed by atoms with E-state index < -0.39 is 6.10 Å². The van der Waals surface area contributed by atoms with Gasteiger partial charge in [0.1, 0.15) is 0 Å². The molecule has 1 aromatic heterocycles. The predicted octanol–water partition coefficient (Wildman–Crippen LogP) is 1.39. The first-order chi connectivity index (χ1) is 9.74. The Labute approximate surface area is 119 Å². The van der Waals surface area contributed by atoms with Gasteiger partial charge in [-0.15, -0.1) is 0 Å². The lowest BCUT2D eigenvalue weighted by Crippen LogP contribution is -2.32. The van der Waals surface area contributed by atoms with Gasteiger partial charge in [0.05, 0.1) is 24.5 Å². The van der Waals surface area contributed by atoms with Crippen molar-refractivity contribution < 1.29 is 5.11 Å². The molecule has 0 amide bonds. The molecule has 5 heteroatoms. The maximum absolute atomic E-state index is 12.1. The van der Waals surface area contributed by atoms with E-state index in [2.05, 4.69) is 10.00 Å². The highest BCUT2D eigenvalue weighted by Gasteiger charge is 2.24. The number of hydrogen-bond acceptors (Lipinski definition) is 4. The van der Waals surface area contributed by atoms with Gasteiger partial charge in [0.25, 0.3) is 5.56 Å². The second-order valence-electron chi connectivity index (χ2n) is 6.04. The molecule has 2 heterocycles. The highest BCUT2D eigenvalue weighted by molar-refractivity contribution is 5.43. The molecule has 5 nitrogen and oxygen atoms in total. The van der Waals surface area contributed by atoms with Crippen LogP contribution in [0.4, 0.5) is 5.69 Å². The first kappa shape index (κ1) is 13.6. The summed E-state index contributed by atoms with van der Waals surface area (Å²) in [7, 11) is 0. The largest absolute Gasteiger partial charge is 0.391 e. The van der Waals surface area contributed by atoms with Crippen LogP contribution in [0.15, 0.2) is 17.1 Å². The van der Waals surface area contributed by atoms with E-state index in [4.69, 9.17) is 0 Å². The second-order valence-corrected chi connectivity index (χ2v) is 6.04. The molecule has 1 aliphatic carbocycles.